The molecule has 1 aromatic heterocycles. The molecule has 0 aliphatic carbocycles. The largest absolute Gasteiger partial charge is 0.484 e. The quantitative estimate of drug-likeness (QED) is 0.612. The maximum absolute atomic E-state index is 12.3. The molecular formula is C14H11F3N4O5. The van der Waals surface area contributed by atoms with Gasteiger partial charge in [-0.25, -0.2) is 4.79 Å². The Balaban J connectivity index is 2.33. The van der Waals surface area contributed by atoms with Crippen molar-refractivity contribution in [3.05, 3.63) is 56.1 Å². The van der Waals surface area contributed by atoms with Crippen molar-refractivity contribution in [2.45, 2.75) is 13.1 Å². The van der Waals surface area contributed by atoms with Crippen LogP contribution in [0.15, 0.2) is 29.1 Å². The monoisotopic (exact) mass is 372 g/mol. The number of hydrogen-bond acceptors (Lipinski definition) is 6. The van der Waals surface area contributed by atoms with Gasteiger partial charge in [-0.1, -0.05) is 0 Å². The summed E-state index contributed by atoms with van der Waals surface area (Å²) in [5.41, 5.74) is -1.58. The second kappa shape index (κ2) is 7.21. The SMILES string of the molecule is Cc1cc(NC(=O)c2cc(OCC(F)(F)F)ccc2[N+](=O)[O-])nc(=O)[nH]1. The van der Waals surface area contributed by atoms with Crippen LogP contribution in [-0.4, -0.2) is 33.6 Å². The van der Waals surface area contributed by atoms with E-state index in [1.165, 1.54) is 13.0 Å². The summed E-state index contributed by atoms with van der Waals surface area (Å²) in [4.78, 5) is 39.5. The molecule has 2 aromatic rings. The molecule has 0 spiro atoms. The Bertz CT molecular complexity index is 910. The van der Waals surface area contributed by atoms with Crippen molar-refractivity contribution in [2.75, 3.05) is 11.9 Å². The molecule has 0 unspecified atom stereocenters. The fourth-order valence-electron chi connectivity index (χ4n) is 1.94. The van der Waals surface area contributed by atoms with Crippen molar-refractivity contribution in [2.24, 2.45) is 0 Å². The molecular weight excluding hydrogens is 361 g/mol. The van der Waals surface area contributed by atoms with Gasteiger partial charge in [0.2, 0.25) is 0 Å². The molecule has 1 aromatic carbocycles. The van der Waals surface area contributed by atoms with Crippen molar-refractivity contribution in [1.82, 2.24) is 9.97 Å². The number of nitrogens with one attached hydrogen (secondary N) is 2. The standard InChI is InChI=1S/C14H11F3N4O5/c1-7-4-11(20-13(23)18-7)19-12(22)9-5-8(26-6-14(15,16)17)2-3-10(9)21(24)25/h2-5H,6H2,1H3,(H2,18,19,20,22,23). The summed E-state index contributed by atoms with van der Waals surface area (Å²) in [6.07, 6.45) is -4.61. The Morgan fingerprint density at radius 1 is 1.38 bits per heavy atom. The van der Waals surface area contributed by atoms with E-state index < -0.39 is 40.6 Å². The number of aromatic amines is 1. The number of halogens is 3. The van der Waals surface area contributed by atoms with Crippen molar-refractivity contribution >= 4 is 17.4 Å². The van der Waals surface area contributed by atoms with E-state index in [4.69, 9.17) is 0 Å². The lowest BCUT2D eigenvalue weighted by atomic mass is 10.1. The number of nitro groups is 1. The van der Waals surface area contributed by atoms with Gasteiger partial charge in [-0.2, -0.15) is 18.2 Å². The molecule has 2 N–H and O–H groups in total. The van der Waals surface area contributed by atoms with Crippen molar-refractivity contribution in [3.63, 3.8) is 0 Å². The Morgan fingerprint density at radius 2 is 2.08 bits per heavy atom. The van der Waals surface area contributed by atoms with Gasteiger partial charge in [0.05, 0.1) is 4.92 Å². The fraction of sp³-hybridized carbons (Fsp3) is 0.214. The highest BCUT2D eigenvalue weighted by Gasteiger charge is 2.29. The third-order valence-electron chi connectivity index (χ3n) is 2.93. The molecule has 26 heavy (non-hydrogen) atoms. The van der Waals surface area contributed by atoms with Crippen LogP contribution in [-0.2, 0) is 0 Å². The van der Waals surface area contributed by atoms with Crippen LogP contribution in [0.3, 0.4) is 0 Å². The first-order chi connectivity index (χ1) is 12.0. The number of aromatic nitrogens is 2. The zero-order valence-electron chi connectivity index (χ0n) is 13.1. The topological polar surface area (TPSA) is 127 Å². The van der Waals surface area contributed by atoms with E-state index in [-0.39, 0.29) is 11.6 Å². The summed E-state index contributed by atoms with van der Waals surface area (Å²) in [7, 11) is 0. The third-order valence-corrected chi connectivity index (χ3v) is 2.93. The van der Waals surface area contributed by atoms with Crippen molar-refractivity contribution < 1.29 is 27.6 Å². The normalized spacial score (nSPS) is 11.1. The average Bonchev–Trinajstić information content (AvgIpc) is 2.50. The number of aryl methyl sites for hydroxylation is 1. The van der Waals surface area contributed by atoms with Gasteiger partial charge in [0.25, 0.3) is 11.6 Å². The smallest absolute Gasteiger partial charge is 0.422 e. The summed E-state index contributed by atoms with van der Waals surface area (Å²) in [5, 5.41) is 13.2. The minimum Gasteiger partial charge on any atom is -0.484 e. The highest BCUT2D eigenvalue weighted by atomic mass is 19.4. The molecule has 0 aliphatic rings. The van der Waals surface area contributed by atoms with Gasteiger partial charge in [0.1, 0.15) is 17.1 Å². The van der Waals surface area contributed by atoms with E-state index in [2.05, 4.69) is 20.0 Å². The fourth-order valence-corrected chi connectivity index (χ4v) is 1.94. The number of amides is 1. The van der Waals surface area contributed by atoms with E-state index in [9.17, 15) is 32.9 Å². The molecule has 2 rings (SSSR count). The lowest BCUT2D eigenvalue weighted by Crippen LogP contribution is -2.21. The number of nitro benzene ring substituents is 1. The molecule has 12 heteroatoms. The Morgan fingerprint density at radius 3 is 2.65 bits per heavy atom. The second-order valence-electron chi connectivity index (χ2n) is 5.05. The lowest BCUT2D eigenvalue weighted by molar-refractivity contribution is -0.385. The van der Waals surface area contributed by atoms with Crippen molar-refractivity contribution in [3.8, 4) is 5.75 Å². The Hall–Kier alpha value is -3.44. The molecule has 0 saturated heterocycles. The minimum atomic E-state index is -4.61. The summed E-state index contributed by atoms with van der Waals surface area (Å²) in [5.74, 6) is -1.59. The van der Waals surface area contributed by atoms with Gasteiger partial charge >= 0.3 is 11.9 Å². The zero-order valence-corrected chi connectivity index (χ0v) is 13.1. The van der Waals surface area contributed by atoms with Crippen molar-refractivity contribution in [1.29, 1.82) is 0 Å². The van der Waals surface area contributed by atoms with Gasteiger partial charge in [-0.05, 0) is 19.1 Å². The van der Waals surface area contributed by atoms with E-state index in [0.29, 0.717) is 5.69 Å². The Kier molecular flexibility index (Phi) is 5.24. The second-order valence-corrected chi connectivity index (χ2v) is 5.05. The number of hydrogen-bond donors (Lipinski definition) is 2. The number of alkyl halides is 3. The van der Waals surface area contributed by atoms with Gasteiger partial charge in [0.15, 0.2) is 6.61 Å². The van der Waals surface area contributed by atoms with Gasteiger partial charge in [0, 0.05) is 17.8 Å². The molecule has 1 amide bonds. The number of rotatable bonds is 5. The van der Waals surface area contributed by atoms with Gasteiger partial charge in [-0.15, -0.1) is 0 Å². The summed E-state index contributed by atoms with van der Waals surface area (Å²) in [6, 6.07) is 3.89. The number of nitrogens with zero attached hydrogens (tertiary/aromatic N) is 2. The van der Waals surface area contributed by atoms with Crippen LogP contribution in [0.25, 0.3) is 0 Å². The molecule has 0 bridgehead atoms. The van der Waals surface area contributed by atoms with Gasteiger partial charge in [-0.3, -0.25) is 14.9 Å². The van der Waals surface area contributed by atoms with E-state index in [1.54, 1.807) is 0 Å². The van der Waals surface area contributed by atoms with Crippen LogP contribution in [0.2, 0.25) is 0 Å². The number of benzene rings is 1. The average molecular weight is 372 g/mol. The highest BCUT2D eigenvalue weighted by molar-refractivity contribution is 6.06. The maximum Gasteiger partial charge on any atom is 0.422 e. The number of H-pyrrole nitrogens is 1. The van der Waals surface area contributed by atoms with Crippen LogP contribution < -0.4 is 15.7 Å². The maximum atomic E-state index is 12.3. The molecule has 0 fully saturated rings. The predicted molar refractivity (Wildman–Crippen MR) is 82.2 cm³/mol. The zero-order chi connectivity index (χ0) is 19.5. The number of anilines is 1. The number of carbonyl (C=O) groups is 1. The lowest BCUT2D eigenvalue weighted by Gasteiger charge is -2.11. The molecule has 0 saturated carbocycles. The van der Waals surface area contributed by atoms with Crippen LogP contribution in [0.5, 0.6) is 5.75 Å². The first-order valence-corrected chi connectivity index (χ1v) is 6.92. The highest BCUT2D eigenvalue weighted by Crippen LogP contribution is 2.26. The first kappa shape index (κ1) is 18.9. The van der Waals surface area contributed by atoms with E-state index >= 15 is 0 Å². The molecule has 138 valence electrons. The van der Waals surface area contributed by atoms with E-state index in [1.807, 2.05) is 0 Å². The van der Waals surface area contributed by atoms with Crippen LogP contribution in [0.1, 0.15) is 16.1 Å². The summed E-state index contributed by atoms with van der Waals surface area (Å²) >= 11 is 0. The molecule has 1 heterocycles. The van der Waals surface area contributed by atoms with Crippen LogP contribution >= 0.6 is 0 Å². The van der Waals surface area contributed by atoms with Crippen LogP contribution in [0.4, 0.5) is 24.7 Å². The summed E-state index contributed by atoms with van der Waals surface area (Å²) in [6.45, 7) is -0.104. The van der Waals surface area contributed by atoms with Crippen LogP contribution in [0, 0.1) is 17.0 Å². The minimum absolute atomic E-state index is 0.174. The molecule has 9 nitrogen and oxygen atoms in total. The van der Waals surface area contributed by atoms with Gasteiger partial charge < -0.3 is 15.0 Å². The number of ether oxygens (including phenoxy) is 1. The number of carbonyl (C=O) groups excluding carboxylic acids is 1. The predicted octanol–water partition coefficient (Wildman–Crippen LogP) is 2.18. The van der Waals surface area contributed by atoms with E-state index in [0.717, 1.165) is 18.2 Å². The third kappa shape index (κ3) is 5.03. The molecule has 0 radical (unpaired) electrons. The molecule has 0 atom stereocenters. The molecule has 0 aliphatic heterocycles. The summed E-state index contributed by atoms with van der Waals surface area (Å²) < 4.78 is 41.1. The first-order valence-electron chi connectivity index (χ1n) is 6.92. The Labute approximate surface area is 143 Å².